The molecule has 0 spiro atoms. The summed E-state index contributed by atoms with van der Waals surface area (Å²) in [6, 6.07) is 6.45. The van der Waals surface area contributed by atoms with Crippen molar-refractivity contribution in [2.75, 3.05) is 0 Å². The fraction of sp³-hybridized carbons (Fsp3) is 0.562. The number of ether oxygens (including phenoxy) is 1. The molecule has 1 aliphatic heterocycles. The summed E-state index contributed by atoms with van der Waals surface area (Å²) in [6.45, 7) is 7.85. The van der Waals surface area contributed by atoms with E-state index in [-0.39, 0.29) is 29.5 Å². The Morgan fingerprint density at radius 2 is 1.95 bits per heavy atom. The molecule has 2 rings (SSSR count). The number of halogens is 1. The average Bonchev–Trinajstić information content (AvgIpc) is 2.50. The number of hydrogen-bond acceptors (Lipinski definition) is 2. The number of carbonyl (C=O) groups is 1. The molecule has 2 nitrogen and oxygen atoms in total. The maximum absolute atomic E-state index is 13.6. The Balaban J connectivity index is 2.15. The molecule has 1 fully saturated rings. The molecule has 0 bridgehead atoms. The molecule has 0 aromatic heterocycles. The molecule has 0 N–H and O–H groups in total. The van der Waals surface area contributed by atoms with Gasteiger partial charge in [-0.25, -0.2) is 4.39 Å². The van der Waals surface area contributed by atoms with Gasteiger partial charge in [0, 0.05) is 12.3 Å². The summed E-state index contributed by atoms with van der Waals surface area (Å²) < 4.78 is 19.5. The van der Waals surface area contributed by atoms with Crippen molar-refractivity contribution in [2.24, 2.45) is 5.92 Å². The van der Waals surface area contributed by atoms with Gasteiger partial charge in [0.15, 0.2) is 0 Å². The van der Waals surface area contributed by atoms with E-state index in [1.165, 1.54) is 6.07 Å². The van der Waals surface area contributed by atoms with E-state index in [0.717, 1.165) is 0 Å². The van der Waals surface area contributed by atoms with Crippen LogP contribution in [0.15, 0.2) is 24.3 Å². The highest BCUT2D eigenvalue weighted by atomic mass is 19.1. The standard InChI is InChI=1S/C16H21FO2/c1-15(2)10-12(16(3,4)19-15)14(18)9-11-7-5-6-8-13(11)17/h5-8,12H,9-10H2,1-4H3. The Bertz CT molecular complexity index is 491. The molecule has 0 aliphatic carbocycles. The van der Waals surface area contributed by atoms with E-state index in [2.05, 4.69) is 0 Å². The molecular formula is C16H21FO2. The molecule has 0 amide bonds. The van der Waals surface area contributed by atoms with Crippen molar-refractivity contribution in [3.8, 4) is 0 Å². The predicted octanol–water partition coefficient (Wildman–Crippen LogP) is 3.53. The van der Waals surface area contributed by atoms with Crippen LogP contribution < -0.4 is 0 Å². The zero-order chi connectivity index (χ0) is 14.3. The topological polar surface area (TPSA) is 26.3 Å². The van der Waals surface area contributed by atoms with Crippen LogP contribution in [0.5, 0.6) is 0 Å². The first-order valence-corrected chi connectivity index (χ1v) is 6.67. The van der Waals surface area contributed by atoms with Crippen molar-refractivity contribution in [2.45, 2.75) is 51.7 Å². The summed E-state index contributed by atoms with van der Waals surface area (Å²) in [5, 5.41) is 0. The lowest BCUT2D eigenvalue weighted by Gasteiger charge is -2.26. The summed E-state index contributed by atoms with van der Waals surface area (Å²) in [7, 11) is 0. The van der Waals surface area contributed by atoms with Gasteiger partial charge in [-0.3, -0.25) is 4.79 Å². The lowest BCUT2D eigenvalue weighted by Crippen LogP contribution is -2.34. The van der Waals surface area contributed by atoms with Crippen LogP contribution in [0.4, 0.5) is 4.39 Å². The van der Waals surface area contributed by atoms with Crippen LogP contribution in [0.2, 0.25) is 0 Å². The largest absolute Gasteiger partial charge is 0.369 e. The first kappa shape index (κ1) is 14.2. The molecule has 19 heavy (non-hydrogen) atoms. The Labute approximate surface area is 114 Å². The second-order valence-corrected chi connectivity index (χ2v) is 6.46. The predicted molar refractivity (Wildman–Crippen MR) is 72.5 cm³/mol. The van der Waals surface area contributed by atoms with Crippen molar-refractivity contribution >= 4 is 5.78 Å². The van der Waals surface area contributed by atoms with Crippen LogP contribution in [0.25, 0.3) is 0 Å². The van der Waals surface area contributed by atoms with E-state index in [0.29, 0.717) is 12.0 Å². The smallest absolute Gasteiger partial charge is 0.143 e. The minimum Gasteiger partial charge on any atom is -0.369 e. The molecule has 1 aromatic carbocycles. The summed E-state index contributed by atoms with van der Waals surface area (Å²) in [5.74, 6) is -0.436. The van der Waals surface area contributed by atoms with Gasteiger partial charge in [0.2, 0.25) is 0 Å². The quantitative estimate of drug-likeness (QED) is 0.834. The van der Waals surface area contributed by atoms with E-state index in [9.17, 15) is 9.18 Å². The van der Waals surface area contributed by atoms with Crippen LogP contribution in [-0.4, -0.2) is 17.0 Å². The summed E-state index contributed by atoms with van der Waals surface area (Å²) in [6.07, 6.45) is 0.827. The van der Waals surface area contributed by atoms with Gasteiger partial charge in [-0.1, -0.05) is 18.2 Å². The van der Waals surface area contributed by atoms with Crippen LogP contribution in [0.1, 0.15) is 39.7 Å². The Kier molecular flexibility index (Phi) is 3.52. The SMILES string of the molecule is CC1(C)CC(C(=O)Cc2ccccc2F)C(C)(C)O1. The lowest BCUT2D eigenvalue weighted by molar-refractivity contribution is -0.128. The lowest BCUT2D eigenvalue weighted by atomic mass is 9.82. The monoisotopic (exact) mass is 264 g/mol. The van der Waals surface area contributed by atoms with Crippen molar-refractivity contribution < 1.29 is 13.9 Å². The highest BCUT2D eigenvalue weighted by molar-refractivity contribution is 5.84. The number of Topliss-reactive ketones (excluding diaryl/α,β-unsaturated/α-hetero) is 1. The fourth-order valence-corrected chi connectivity index (χ4v) is 3.02. The van der Waals surface area contributed by atoms with Gasteiger partial charge in [0.25, 0.3) is 0 Å². The van der Waals surface area contributed by atoms with Gasteiger partial charge >= 0.3 is 0 Å². The molecule has 0 radical (unpaired) electrons. The maximum Gasteiger partial charge on any atom is 0.143 e. The minimum atomic E-state index is -0.480. The van der Waals surface area contributed by atoms with Gasteiger partial charge in [-0.2, -0.15) is 0 Å². The molecule has 1 unspecified atom stereocenters. The summed E-state index contributed by atoms with van der Waals surface area (Å²) >= 11 is 0. The zero-order valence-electron chi connectivity index (χ0n) is 12.0. The average molecular weight is 264 g/mol. The van der Waals surface area contributed by atoms with E-state index >= 15 is 0 Å². The molecule has 1 atom stereocenters. The van der Waals surface area contributed by atoms with Gasteiger partial charge in [0.05, 0.1) is 11.2 Å². The number of rotatable bonds is 3. The fourth-order valence-electron chi connectivity index (χ4n) is 3.02. The number of hydrogen-bond donors (Lipinski definition) is 0. The van der Waals surface area contributed by atoms with E-state index in [1.54, 1.807) is 18.2 Å². The van der Waals surface area contributed by atoms with Crippen molar-refractivity contribution in [1.29, 1.82) is 0 Å². The third kappa shape index (κ3) is 3.03. The Morgan fingerprint density at radius 1 is 1.32 bits per heavy atom. The third-order valence-electron chi connectivity index (χ3n) is 3.79. The molecule has 1 heterocycles. The Hall–Kier alpha value is -1.22. The summed E-state index contributed by atoms with van der Waals surface area (Å²) in [4.78, 5) is 12.4. The van der Waals surface area contributed by atoms with Crippen molar-refractivity contribution in [3.05, 3.63) is 35.6 Å². The molecule has 0 saturated carbocycles. The van der Waals surface area contributed by atoms with Gasteiger partial charge in [0.1, 0.15) is 11.6 Å². The minimum absolute atomic E-state index is 0.0562. The second-order valence-electron chi connectivity index (χ2n) is 6.46. The third-order valence-corrected chi connectivity index (χ3v) is 3.79. The number of benzene rings is 1. The van der Waals surface area contributed by atoms with Crippen LogP contribution in [-0.2, 0) is 16.0 Å². The van der Waals surface area contributed by atoms with Crippen LogP contribution in [0.3, 0.4) is 0 Å². The first-order chi connectivity index (χ1) is 8.71. The normalized spacial score (nSPS) is 24.4. The highest BCUT2D eigenvalue weighted by Crippen LogP contribution is 2.42. The van der Waals surface area contributed by atoms with E-state index < -0.39 is 5.60 Å². The van der Waals surface area contributed by atoms with Gasteiger partial charge < -0.3 is 4.74 Å². The van der Waals surface area contributed by atoms with E-state index in [1.807, 2.05) is 27.7 Å². The van der Waals surface area contributed by atoms with Crippen molar-refractivity contribution in [1.82, 2.24) is 0 Å². The number of carbonyl (C=O) groups excluding carboxylic acids is 1. The molecule has 3 heteroatoms. The molecular weight excluding hydrogens is 243 g/mol. The number of ketones is 1. The first-order valence-electron chi connectivity index (χ1n) is 6.67. The molecule has 1 aromatic rings. The molecule has 1 aliphatic rings. The zero-order valence-corrected chi connectivity index (χ0v) is 12.0. The second kappa shape index (κ2) is 4.71. The van der Waals surface area contributed by atoms with Gasteiger partial charge in [-0.05, 0) is 45.7 Å². The highest BCUT2D eigenvalue weighted by Gasteiger charge is 2.48. The van der Waals surface area contributed by atoms with Crippen molar-refractivity contribution in [3.63, 3.8) is 0 Å². The van der Waals surface area contributed by atoms with E-state index in [4.69, 9.17) is 4.74 Å². The van der Waals surface area contributed by atoms with Crippen LogP contribution in [0, 0.1) is 11.7 Å². The Morgan fingerprint density at radius 3 is 2.47 bits per heavy atom. The molecule has 1 saturated heterocycles. The molecule has 104 valence electrons. The maximum atomic E-state index is 13.6. The van der Waals surface area contributed by atoms with Gasteiger partial charge in [-0.15, -0.1) is 0 Å². The summed E-state index contributed by atoms with van der Waals surface area (Å²) in [5.41, 5.74) is -0.307. The van der Waals surface area contributed by atoms with Crippen LogP contribution >= 0.6 is 0 Å².